The summed E-state index contributed by atoms with van der Waals surface area (Å²) in [6, 6.07) is 19.4. The number of rotatable bonds is 6. The van der Waals surface area contributed by atoms with E-state index in [2.05, 4.69) is 0 Å². The first kappa shape index (κ1) is 20.6. The highest BCUT2D eigenvalue weighted by Crippen LogP contribution is 2.36. The highest BCUT2D eigenvalue weighted by Gasteiger charge is 2.25. The minimum atomic E-state index is -0.0811. The van der Waals surface area contributed by atoms with Crippen molar-refractivity contribution in [3.05, 3.63) is 94.4 Å². The van der Waals surface area contributed by atoms with Crippen LogP contribution in [0, 0.1) is 13.8 Å². The molecule has 4 nitrogen and oxygen atoms in total. The molecule has 0 aliphatic rings. The number of furan rings is 2. The molecule has 2 heterocycles. The smallest absolute Gasteiger partial charge is 0.163 e. The maximum atomic E-state index is 12.5. The number of benzene rings is 2. The molecule has 0 saturated heterocycles. The highest BCUT2D eigenvalue weighted by atomic mass is 16.3. The standard InChI is InChI=1S/C27H24O4/c1-16-10-12-21(13-11-16)27-23(26(18(3)29)19(4)30-27)15-25-22(17(2)28)14-24(31-25)20-8-6-5-7-9-20/h5-14H,15H2,1-4H3. The molecule has 0 aliphatic heterocycles. The van der Waals surface area contributed by atoms with Gasteiger partial charge in [0.2, 0.25) is 0 Å². The van der Waals surface area contributed by atoms with Gasteiger partial charge in [-0.05, 0) is 33.8 Å². The Morgan fingerprint density at radius 2 is 1.48 bits per heavy atom. The topological polar surface area (TPSA) is 60.4 Å². The summed E-state index contributed by atoms with van der Waals surface area (Å²) in [5, 5.41) is 0. The van der Waals surface area contributed by atoms with Gasteiger partial charge in [0.25, 0.3) is 0 Å². The van der Waals surface area contributed by atoms with Gasteiger partial charge in [-0.2, -0.15) is 0 Å². The summed E-state index contributed by atoms with van der Waals surface area (Å²) in [4.78, 5) is 24.8. The average Bonchev–Trinajstić information content (AvgIpc) is 3.31. The first-order chi connectivity index (χ1) is 14.8. The van der Waals surface area contributed by atoms with Gasteiger partial charge in [-0.3, -0.25) is 9.59 Å². The highest BCUT2D eigenvalue weighted by molar-refractivity contribution is 5.99. The molecule has 0 fully saturated rings. The lowest BCUT2D eigenvalue weighted by Crippen LogP contribution is -2.02. The van der Waals surface area contributed by atoms with E-state index in [1.54, 1.807) is 13.0 Å². The molecular weight excluding hydrogens is 388 g/mol. The molecule has 0 amide bonds. The summed E-state index contributed by atoms with van der Waals surface area (Å²) in [5.74, 6) is 2.20. The van der Waals surface area contributed by atoms with Crippen molar-refractivity contribution in [3.63, 3.8) is 0 Å². The Morgan fingerprint density at radius 1 is 0.806 bits per heavy atom. The molecule has 4 heteroatoms. The molecule has 2 aromatic heterocycles. The summed E-state index contributed by atoms with van der Waals surface area (Å²) < 4.78 is 12.2. The number of carbonyl (C=O) groups is 2. The number of Topliss-reactive ketones (excluding diaryl/α,β-unsaturated/α-hetero) is 2. The molecule has 0 atom stereocenters. The number of hydrogen-bond acceptors (Lipinski definition) is 4. The maximum Gasteiger partial charge on any atom is 0.163 e. The van der Waals surface area contributed by atoms with Crippen molar-refractivity contribution in [3.8, 4) is 22.6 Å². The van der Waals surface area contributed by atoms with E-state index < -0.39 is 0 Å². The maximum absolute atomic E-state index is 12.5. The van der Waals surface area contributed by atoms with Crippen molar-refractivity contribution < 1.29 is 18.4 Å². The zero-order valence-electron chi connectivity index (χ0n) is 18.1. The van der Waals surface area contributed by atoms with E-state index in [-0.39, 0.29) is 18.0 Å². The minimum absolute atomic E-state index is 0.0752. The van der Waals surface area contributed by atoms with Crippen LogP contribution in [0.2, 0.25) is 0 Å². The number of carbonyl (C=O) groups excluding carboxylic acids is 2. The molecule has 0 radical (unpaired) electrons. The van der Waals surface area contributed by atoms with Crippen molar-refractivity contribution in [2.24, 2.45) is 0 Å². The summed E-state index contributed by atoms with van der Waals surface area (Å²) in [6.07, 6.45) is 0.289. The lowest BCUT2D eigenvalue weighted by molar-refractivity contribution is 0.100. The van der Waals surface area contributed by atoms with Crippen molar-refractivity contribution in [2.45, 2.75) is 34.1 Å². The SMILES string of the molecule is CC(=O)c1cc(-c2ccccc2)oc1Cc1c(-c2ccc(C)cc2)oc(C)c1C(C)=O. The minimum Gasteiger partial charge on any atom is -0.460 e. The van der Waals surface area contributed by atoms with E-state index in [4.69, 9.17) is 8.83 Å². The van der Waals surface area contributed by atoms with Crippen molar-refractivity contribution >= 4 is 11.6 Å². The Balaban J connectivity index is 1.86. The summed E-state index contributed by atoms with van der Waals surface area (Å²) >= 11 is 0. The van der Waals surface area contributed by atoms with E-state index in [9.17, 15) is 9.59 Å². The molecule has 0 aliphatic carbocycles. The first-order valence-electron chi connectivity index (χ1n) is 10.2. The Hall–Kier alpha value is -3.66. The third kappa shape index (κ3) is 4.02. The summed E-state index contributed by atoms with van der Waals surface area (Å²) in [6.45, 7) is 6.87. The third-order valence-corrected chi connectivity index (χ3v) is 5.43. The number of hydrogen-bond donors (Lipinski definition) is 0. The fourth-order valence-corrected chi connectivity index (χ4v) is 3.92. The molecule has 0 saturated carbocycles. The largest absolute Gasteiger partial charge is 0.460 e. The molecular formula is C27H24O4. The van der Waals surface area contributed by atoms with Crippen molar-refractivity contribution in [1.29, 1.82) is 0 Å². The molecule has 4 rings (SSSR count). The molecule has 0 bridgehead atoms. The van der Waals surface area contributed by atoms with Crippen LogP contribution in [0.5, 0.6) is 0 Å². The van der Waals surface area contributed by atoms with Gasteiger partial charge < -0.3 is 8.83 Å². The van der Waals surface area contributed by atoms with Gasteiger partial charge in [-0.15, -0.1) is 0 Å². The van der Waals surface area contributed by atoms with Gasteiger partial charge in [0.1, 0.15) is 23.0 Å². The Kier molecular flexibility index (Phi) is 5.47. The molecule has 0 N–H and O–H groups in total. The van der Waals surface area contributed by atoms with E-state index in [1.807, 2.05) is 61.5 Å². The Bertz CT molecular complexity index is 1250. The zero-order valence-corrected chi connectivity index (χ0v) is 18.1. The van der Waals surface area contributed by atoms with E-state index in [0.29, 0.717) is 34.2 Å². The Morgan fingerprint density at radius 3 is 2.10 bits per heavy atom. The average molecular weight is 412 g/mol. The second-order valence-electron chi connectivity index (χ2n) is 7.81. The van der Waals surface area contributed by atoms with Crippen LogP contribution in [0.1, 0.15) is 57.2 Å². The first-order valence-corrected chi connectivity index (χ1v) is 10.2. The lowest BCUT2D eigenvalue weighted by atomic mass is 9.96. The molecule has 31 heavy (non-hydrogen) atoms. The molecule has 0 unspecified atom stereocenters. The fraction of sp³-hybridized carbons (Fsp3) is 0.185. The van der Waals surface area contributed by atoms with Crippen LogP contribution >= 0.6 is 0 Å². The van der Waals surface area contributed by atoms with Crippen LogP contribution in [0.15, 0.2) is 69.5 Å². The van der Waals surface area contributed by atoms with Crippen LogP contribution in [0.4, 0.5) is 0 Å². The second-order valence-corrected chi connectivity index (χ2v) is 7.81. The van der Waals surface area contributed by atoms with Crippen LogP contribution in [0.25, 0.3) is 22.6 Å². The van der Waals surface area contributed by atoms with E-state index in [1.165, 1.54) is 13.8 Å². The van der Waals surface area contributed by atoms with Crippen LogP contribution in [0.3, 0.4) is 0 Å². The molecule has 156 valence electrons. The monoisotopic (exact) mass is 412 g/mol. The second kappa shape index (κ2) is 8.23. The van der Waals surface area contributed by atoms with Gasteiger partial charge in [-0.1, -0.05) is 60.2 Å². The van der Waals surface area contributed by atoms with Gasteiger partial charge in [0.15, 0.2) is 11.6 Å². The predicted octanol–water partition coefficient (Wildman–Crippen LogP) is 6.82. The van der Waals surface area contributed by atoms with E-state index >= 15 is 0 Å². The van der Waals surface area contributed by atoms with Crippen LogP contribution < -0.4 is 0 Å². The van der Waals surface area contributed by atoms with Crippen molar-refractivity contribution in [2.75, 3.05) is 0 Å². The quantitative estimate of drug-likeness (QED) is 0.326. The van der Waals surface area contributed by atoms with Crippen molar-refractivity contribution in [1.82, 2.24) is 0 Å². The number of ketones is 2. The fourth-order valence-electron chi connectivity index (χ4n) is 3.92. The van der Waals surface area contributed by atoms with Crippen LogP contribution in [-0.2, 0) is 6.42 Å². The summed E-state index contributed by atoms with van der Waals surface area (Å²) in [5.41, 5.74) is 4.72. The van der Waals surface area contributed by atoms with Gasteiger partial charge in [-0.25, -0.2) is 0 Å². The molecule has 2 aromatic carbocycles. The number of aryl methyl sites for hydroxylation is 2. The lowest BCUT2D eigenvalue weighted by Gasteiger charge is -2.06. The predicted molar refractivity (Wildman–Crippen MR) is 121 cm³/mol. The van der Waals surface area contributed by atoms with Gasteiger partial charge in [0.05, 0.1) is 11.1 Å². The van der Waals surface area contributed by atoms with Gasteiger partial charge >= 0.3 is 0 Å². The normalized spacial score (nSPS) is 11.0. The van der Waals surface area contributed by atoms with Crippen LogP contribution in [-0.4, -0.2) is 11.6 Å². The molecule has 4 aromatic rings. The molecule has 0 spiro atoms. The zero-order chi connectivity index (χ0) is 22.1. The summed E-state index contributed by atoms with van der Waals surface area (Å²) in [7, 11) is 0. The van der Waals surface area contributed by atoms with Gasteiger partial charge in [0, 0.05) is 23.1 Å². The third-order valence-electron chi connectivity index (χ3n) is 5.43. The Labute approximate surface area is 181 Å². The van der Waals surface area contributed by atoms with E-state index in [0.717, 1.165) is 22.3 Å².